The number of hydrogen-bond donors (Lipinski definition) is 0. The molecule has 0 saturated carbocycles. The third kappa shape index (κ3) is 2.93. The second-order valence-electron chi connectivity index (χ2n) is 4.37. The molecule has 1 saturated heterocycles. The van der Waals surface area contributed by atoms with Crippen LogP contribution in [0.25, 0.3) is 0 Å². The quantitative estimate of drug-likeness (QED) is 0.348. The highest BCUT2D eigenvalue weighted by Crippen LogP contribution is 2.46. The molecule has 3 nitrogen and oxygen atoms in total. The fraction of sp³-hybridized carbons (Fsp3) is 0.267. The summed E-state index contributed by atoms with van der Waals surface area (Å²) in [7, 11) is 0. The third-order valence-electron chi connectivity index (χ3n) is 3.01. The average Bonchev–Trinajstić information content (AvgIpc) is 3.25. The number of esters is 1. The molecule has 0 bridgehead atoms. The van der Waals surface area contributed by atoms with E-state index in [1.807, 2.05) is 6.07 Å². The number of alkyl halides is 2. The summed E-state index contributed by atoms with van der Waals surface area (Å²) in [6.45, 7) is 6.26. The first-order valence-electron chi connectivity index (χ1n) is 6.04. The largest absolute Gasteiger partial charge is 0.449 e. The van der Waals surface area contributed by atoms with Crippen molar-refractivity contribution in [2.45, 2.75) is 24.2 Å². The lowest BCUT2D eigenvalue weighted by atomic mass is 10.0. The molecule has 1 aliphatic rings. The SMILES string of the molecule is C=CC(=O)O[C@H]([C@@H]1O[C@H]1c1ccccc1)C(F)(F)C=C. The predicted molar refractivity (Wildman–Crippen MR) is 69.3 cm³/mol. The van der Waals surface area contributed by atoms with Crippen molar-refractivity contribution in [1.82, 2.24) is 0 Å². The van der Waals surface area contributed by atoms with Gasteiger partial charge in [0, 0.05) is 6.08 Å². The number of benzene rings is 1. The molecule has 0 amide bonds. The molecule has 20 heavy (non-hydrogen) atoms. The van der Waals surface area contributed by atoms with E-state index in [1.165, 1.54) is 0 Å². The fourth-order valence-electron chi connectivity index (χ4n) is 1.92. The summed E-state index contributed by atoms with van der Waals surface area (Å²) in [5.41, 5.74) is 0.761. The summed E-state index contributed by atoms with van der Waals surface area (Å²) in [6.07, 6.45) is -1.82. The molecular weight excluding hydrogens is 266 g/mol. The molecule has 1 heterocycles. The molecule has 2 rings (SSSR count). The Hall–Kier alpha value is -2.01. The number of ether oxygens (including phenoxy) is 2. The van der Waals surface area contributed by atoms with E-state index in [0.29, 0.717) is 6.08 Å². The summed E-state index contributed by atoms with van der Waals surface area (Å²) in [6, 6.07) is 8.91. The Bertz CT molecular complexity index is 513. The van der Waals surface area contributed by atoms with Crippen LogP contribution in [0.5, 0.6) is 0 Å². The van der Waals surface area contributed by atoms with E-state index in [9.17, 15) is 13.6 Å². The monoisotopic (exact) mass is 280 g/mol. The van der Waals surface area contributed by atoms with Gasteiger partial charge in [0.2, 0.25) is 0 Å². The van der Waals surface area contributed by atoms with Gasteiger partial charge in [-0.15, -0.1) is 0 Å². The van der Waals surface area contributed by atoms with Crippen molar-refractivity contribution in [2.24, 2.45) is 0 Å². The van der Waals surface area contributed by atoms with Gasteiger partial charge in [-0.2, -0.15) is 8.78 Å². The molecule has 0 radical (unpaired) electrons. The highest BCUT2D eigenvalue weighted by atomic mass is 19.3. The van der Waals surface area contributed by atoms with E-state index >= 15 is 0 Å². The van der Waals surface area contributed by atoms with Crippen LogP contribution in [0.3, 0.4) is 0 Å². The lowest BCUT2D eigenvalue weighted by Gasteiger charge is -2.22. The smallest absolute Gasteiger partial charge is 0.330 e. The fourth-order valence-corrected chi connectivity index (χ4v) is 1.92. The van der Waals surface area contributed by atoms with Crippen molar-refractivity contribution >= 4 is 5.97 Å². The molecule has 1 aromatic rings. The van der Waals surface area contributed by atoms with E-state index in [2.05, 4.69) is 13.2 Å². The van der Waals surface area contributed by atoms with Gasteiger partial charge in [-0.3, -0.25) is 0 Å². The zero-order valence-electron chi connectivity index (χ0n) is 10.7. The Morgan fingerprint density at radius 1 is 1.35 bits per heavy atom. The molecule has 0 aliphatic carbocycles. The molecule has 0 aromatic heterocycles. The van der Waals surface area contributed by atoms with Crippen molar-refractivity contribution in [1.29, 1.82) is 0 Å². The molecule has 0 N–H and O–H groups in total. The first-order valence-corrected chi connectivity index (χ1v) is 6.04. The Kier molecular flexibility index (Phi) is 3.99. The second-order valence-corrected chi connectivity index (χ2v) is 4.37. The summed E-state index contributed by atoms with van der Waals surface area (Å²) < 4.78 is 37.6. The summed E-state index contributed by atoms with van der Waals surface area (Å²) in [5.74, 6) is -4.29. The maximum Gasteiger partial charge on any atom is 0.330 e. The van der Waals surface area contributed by atoms with Crippen LogP contribution >= 0.6 is 0 Å². The van der Waals surface area contributed by atoms with Gasteiger partial charge in [-0.25, -0.2) is 4.79 Å². The van der Waals surface area contributed by atoms with E-state index in [0.717, 1.165) is 11.6 Å². The van der Waals surface area contributed by atoms with E-state index in [4.69, 9.17) is 9.47 Å². The number of rotatable bonds is 6. The van der Waals surface area contributed by atoms with E-state index in [-0.39, 0.29) is 0 Å². The summed E-state index contributed by atoms with van der Waals surface area (Å²) >= 11 is 0. The third-order valence-corrected chi connectivity index (χ3v) is 3.01. The second kappa shape index (κ2) is 5.54. The van der Waals surface area contributed by atoms with Crippen LogP contribution in [0.4, 0.5) is 8.78 Å². The van der Waals surface area contributed by atoms with Crippen molar-refractivity contribution in [3.63, 3.8) is 0 Å². The lowest BCUT2D eigenvalue weighted by Crippen LogP contribution is -2.40. The van der Waals surface area contributed by atoms with Gasteiger partial charge in [0.1, 0.15) is 12.2 Å². The number of halogens is 2. The molecule has 0 unspecified atom stereocenters. The molecule has 1 fully saturated rings. The highest BCUT2D eigenvalue weighted by Gasteiger charge is 2.57. The van der Waals surface area contributed by atoms with E-state index in [1.54, 1.807) is 24.3 Å². The van der Waals surface area contributed by atoms with Crippen molar-refractivity contribution < 1.29 is 23.0 Å². The summed E-state index contributed by atoms with van der Waals surface area (Å²) in [5, 5.41) is 0. The minimum atomic E-state index is -3.37. The standard InChI is InChI=1S/C15H14F2O3/c1-3-11(18)19-14(15(16,17)4-2)13-12(20-13)10-8-6-5-7-9-10/h3-9,12-14H,1-2H2/t12-,13+,14+/m0/s1. The predicted octanol–water partition coefficient (Wildman–Crippen LogP) is 3.05. The molecule has 1 aromatic carbocycles. The molecular formula is C15H14F2O3. The molecule has 3 atom stereocenters. The molecule has 1 aliphatic heterocycles. The van der Waals surface area contributed by atoms with Gasteiger partial charge in [0.15, 0.2) is 6.10 Å². The van der Waals surface area contributed by atoms with Crippen LogP contribution in [0.15, 0.2) is 55.6 Å². The van der Waals surface area contributed by atoms with Crippen molar-refractivity contribution in [3.05, 3.63) is 61.2 Å². The zero-order chi connectivity index (χ0) is 14.8. The minimum Gasteiger partial charge on any atom is -0.449 e. The first-order chi connectivity index (χ1) is 9.49. The minimum absolute atomic E-state index is 0.456. The number of hydrogen-bond acceptors (Lipinski definition) is 3. The highest BCUT2D eigenvalue weighted by molar-refractivity contribution is 5.81. The molecule has 5 heteroatoms. The average molecular weight is 280 g/mol. The molecule has 106 valence electrons. The summed E-state index contributed by atoms with van der Waals surface area (Å²) in [4.78, 5) is 11.2. The van der Waals surface area contributed by atoms with Gasteiger partial charge in [0.05, 0.1) is 0 Å². The van der Waals surface area contributed by atoms with Crippen LogP contribution in [-0.4, -0.2) is 24.1 Å². The lowest BCUT2D eigenvalue weighted by molar-refractivity contribution is -0.162. The number of epoxide rings is 1. The Labute approximate surface area is 115 Å². The van der Waals surface area contributed by atoms with Crippen molar-refractivity contribution in [3.8, 4) is 0 Å². The zero-order valence-corrected chi connectivity index (χ0v) is 10.7. The van der Waals surface area contributed by atoms with Crippen LogP contribution < -0.4 is 0 Å². The number of carbonyl (C=O) groups excluding carboxylic acids is 1. The van der Waals surface area contributed by atoms with Crippen molar-refractivity contribution in [2.75, 3.05) is 0 Å². The number of carbonyl (C=O) groups is 1. The maximum atomic E-state index is 13.8. The Balaban J connectivity index is 2.15. The van der Waals surface area contributed by atoms with E-state index < -0.39 is 30.2 Å². The Morgan fingerprint density at radius 2 is 2.00 bits per heavy atom. The van der Waals surface area contributed by atoms with Gasteiger partial charge in [0.25, 0.3) is 0 Å². The Morgan fingerprint density at radius 3 is 2.55 bits per heavy atom. The van der Waals surface area contributed by atoms with Crippen LogP contribution in [0.2, 0.25) is 0 Å². The van der Waals surface area contributed by atoms with Crippen LogP contribution in [0, 0.1) is 0 Å². The van der Waals surface area contributed by atoms with Crippen LogP contribution in [-0.2, 0) is 14.3 Å². The topological polar surface area (TPSA) is 38.8 Å². The first kappa shape index (κ1) is 14.4. The van der Waals surface area contributed by atoms with Gasteiger partial charge in [-0.05, 0) is 11.6 Å². The molecule has 0 spiro atoms. The van der Waals surface area contributed by atoms with Gasteiger partial charge >= 0.3 is 11.9 Å². The maximum absolute atomic E-state index is 13.8. The van der Waals surface area contributed by atoms with Gasteiger partial charge in [-0.1, -0.05) is 43.5 Å². The van der Waals surface area contributed by atoms with Crippen LogP contribution in [0.1, 0.15) is 11.7 Å². The normalized spacial score (nSPS) is 22.7. The van der Waals surface area contributed by atoms with Gasteiger partial charge < -0.3 is 9.47 Å².